The molecule has 3 aromatic rings. The van der Waals surface area contributed by atoms with Crippen molar-refractivity contribution >= 4 is 20.3 Å². The van der Waals surface area contributed by atoms with Gasteiger partial charge in [0.1, 0.15) is 17.6 Å². The van der Waals surface area contributed by atoms with E-state index in [-0.39, 0.29) is 11.9 Å². The Morgan fingerprint density at radius 2 is 1.86 bits per heavy atom. The number of carbonyl (C=O) groups excluding carboxylic acids is 1. The Hall–Kier alpha value is -3.15. The summed E-state index contributed by atoms with van der Waals surface area (Å²) in [4.78, 5) is 12.2. The molecular formula is C24H20NO3P. The summed E-state index contributed by atoms with van der Waals surface area (Å²) in [5.41, 5.74) is 3.98. The number of rotatable bonds is 4. The van der Waals surface area contributed by atoms with Crippen molar-refractivity contribution in [1.29, 1.82) is 5.26 Å². The van der Waals surface area contributed by atoms with Crippen molar-refractivity contribution in [3.8, 4) is 17.6 Å². The molecule has 4 rings (SSSR count). The largest absolute Gasteiger partial charge is 0.492 e. The van der Waals surface area contributed by atoms with E-state index < -0.39 is 0 Å². The number of ether oxygens (including phenoxy) is 2. The molecule has 29 heavy (non-hydrogen) atoms. The van der Waals surface area contributed by atoms with Gasteiger partial charge in [-0.1, -0.05) is 36.4 Å². The first-order chi connectivity index (χ1) is 14.1. The number of hydrogen-bond acceptors (Lipinski definition) is 4. The first-order valence-electron chi connectivity index (χ1n) is 9.39. The molecule has 3 aromatic carbocycles. The summed E-state index contributed by atoms with van der Waals surface area (Å²) in [6.45, 7) is 2.30. The van der Waals surface area contributed by atoms with Crippen LogP contribution in [-0.2, 0) is 0 Å². The van der Waals surface area contributed by atoms with Gasteiger partial charge in [0.2, 0.25) is 0 Å². The highest BCUT2D eigenvalue weighted by atomic mass is 31.0. The summed E-state index contributed by atoms with van der Waals surface area (Å²) < 4.78 is 12.3. The van der Waals surface area contributed by atoms with Gasteiger partial charge in [-0.25, -0.2) is 0 Å². The Morgan fingerprint density at radius 1 is 1.10 bits per heavy atom. The van der Waals surface area contributed by atoms with Crippen LogP contribution in [0.4, 0.5) is 0 Å². The molecule has 1 heterocycles. The van der Waals surface area contributed by atoms with Crippen LogP contribution in [0.15, 0.2) is 60.7 Å². The molecule has 0 N–H and O–H groups in total. The lowest BCUT2D eigenvalue weighted by Gasteiger charge is -2.25. The maximum absolute atomic E-state index is 12.2. The third kappa shape index (κ3) is 3.75. The van der Waals surface area contributed by atoms with Crippen LogP contribution in [0.25, 0.3) is 0 Å². The fourth-order valence-electron chi connectivity index (χ4n) is 3.51. The average molecular weight is 401 g/mol. The summed E-state index contributed by atoms with van der Waals surface area (Å²) >= 11 is 0. The van der Waals surface area contributed by atoms with Gasteiger partial charge in [-0.05, 0) is 42.1 Å². The Kier molecular flexibility index (Phi) is 5.34. The number of fused-ring (bicyclic) bond motifs is 1. The number of hydrogen-bond donors (Lipinski definition) is 0. The fourth-order valence-corrected chi connectivity index (χ4v) is 3.87. The first-order valence-corrected chi connectivity index (χ1v) is 9.97. The lowest BCUT2D eigenvalue weighted by molar-refractivity contribution is 0.0932. The van der Waals surface area contributed by atoms with Crippen molar-refractivity contribution in [2.24, 2.45) is 0 Å². The molecule has 1 aliphatic rings. The molecule has 2 unspecified atom stereocenters. The summed E-state index contributed by atoms with van der Waals surface area (Å²) in [7, 11) is 2.75. The van der Waals surface area contributed by atoms with Crippen molar-refractivity contribution in [2.75, 3.05) is 6.61 Å². The molecule has 0 aromatic heterocycles. The van der Waals surface area contributed by atoms with E-state index >= 15 is 0 Å². The molecule has 144 valence electrons. The van der Waals surface area contributed by atoms with Gasteiger partial charge in [-0.3, -0.25) is 4.79 Å². The van der Waals surface area contributed by atoms with E-state index in [9.17, 15) is 4.79 Å². The van der Waals surface area contributed by atoms with Crippen LogP contribution in [-0.4, -0.2) is 12.4 Å². The van der Waals surface area contributed by atoms with E-state index in [0.29, 0.717) is 35.7 Å². The standard InChI is InChI=1S/C24H20NO3P/c1-15-21(11-10-18-20(26)12-13-27-23(15)18)28-24(19-4-2-3-5-22(19)29)17-8-6-16(14-25)7-9-17/h2-11,24H,12-13,29H2,1H3. The Labute approximate surface area is 172 Å². The molecule has 0 fully saturated rings. The molecule has 1 aliphatic heterocycles. The molecular weight excluding hydrogens is 381 g/mol. The van der Waals surface area contributed by atoms with Crippen LogP contribution in [0, 0.1) is 18.3 Å². The zero-order valence-electron chi connectivity index (χ0n) is 16.0. The second-order valence-corrected chi connectivity index (χ2v) is 7.57. The highest BCUT2D eigenvalue weighted by molar-refractivity contribution is 7.27. The number of nitriles is 1. The van der Waals surface area contributed by atoms with Gasteiger partial charge in [0.25, 0.3) is 0 Å². The van der Waals surface area contributed by atoms with Crippen LogP contribution >= 0.6 is 9.24 Å². The van der Waals surface area contributed by atoms with Gasteiger partial charge >= 0.3 is 0 Å². The molecule has 4 nitrogen and oxygen atoms in total. The zero-order chi connectivity index (χ0) is 20.4. The van der Waals surface area contributed by atoms with E-state index in [4.69, 9.17) is 14.7 Å². The minimum atomic E-state index is -0.368. The summed E-state index contributed by atoms with van der Waals surface area (Å²) in [5, 5.41) is 10.1. The number of benzene rings is 3. The Morgan fingerprint density at radius 3 is 2.59 bits per heavy atom. The maximum Gasteiger partial charge on any atom is 0.170 e. The molecule has 0 saturated carbocycles. The normalized spacial score (nSPS) is 13.8. The topological polar surface area (TPSA) is 59.3 Å². The van der Waals surface area contributed by atoms with Gasteiger partial charge < -0.3 is 9.47 Å². The van der Waals surface area contributed by atoms with E-state index in [2.05, 4.69) is 15.3 Å². The predicted molar refractivity (Wildman–Crippen MR) is 115 cm³/mol. The number of ketones is 1. The van der Waals surface area contributed by atoms with Crippen LogP contribution in [0.3, 0.4) is 0 Å². The van der Waals surface area contributed by atoms with E-state index in [1.807, 2.05) is 49.4 Å². The third-order valence-electron chi connectivity index (χ3n) is 5.10. The molecule has 0 saturated heterocycles. The summed E-state index contributed by atoms with van der Waals surface area (Å²) in [6, 6.07) is 21.2. The highest BCUT2D eigenvalue weighted by Crippen LogP contribution is 2.38. The molecule has 0 spiro atoms. The van der Waals surface area contributed by atoms with Crippen molar-refractivity contribution in [1.82, 2.24) is 0 Å². The summed E-state index contributed by atoms with van der Waals surface area (Å²) in [5.74, 6) is 1.37. The molecule has 5 heteroatoms. The van der Waals surface area contributed by atoms with E-state index in [0.717, 1.165) is 22.0 Å². The number of nitrogens with zero attached hydrogens (tertiary/aromatic N) is 1. The minimum Gasteiger partial charge on any atom is -0.492 e. The van der Waals surface area contributed by atoms with Crippen molar-refractivity contribution in [2.45, 2.75) is 19.4 Å². The first kappa shape index (κ1) is 19.2. The van der Waals surface area contributed by atoms with Crippen LogP contribution in [0.5, 0.6) is 11.5 Å². The van der Waals surface area contributed by atoms with Crippen LogP contribution in [0.2, 0.25) is 0 Å². The predicted octanol–water partition coefficient (Wildman–Crippen LogP) is 4.50. The van der Waals surface area contributed by atoms with Gasteiger partial charge in [0.15, 0.2) is 5.78 Å². The molecule has 0 bridgehead atoms. The Balaban J connectivity index is 1.78. The second-order valence-electron chi connectivity index (χ2n) is 6.95. The van der Waals surface area contributed by atoms with E-state index in [1.54, 1.807) is 18.2 Å². The van der Waals surface area contributed by atoms with Gasteiger partial charge in [0.05, 0.1) is 23.8 Å². The summed E-state index contributed by atoms with van der Waals surface area (Å²) in [6.07, 6.45) is 0.0356. The average Bonchev–Trinajstić information content (AvgIpc) is 2.75. The quantitative estimate of drug-likeness (QED) is 0.604. The highest BCUT2D eigenvalue weighted by Gasteiger charge is 2.25. The molecule has 0 radical (unpaired) electrons. The maximum atomic E-state index is 12.2. The van der Waals surface area contributed by atoms with Crippen LogP contribution < -0.4 is 14.8 Å². The van der Waals surface area contributed by atoms with E-state index in [1.165, 1.54) is 0 Å². The van der Waals surface area contributed by atoms with Crippen molar-refractivity contribution in [3.05, 3.63) is 88.5 Å². The third-order valence-corrected chi connectivity index (χ3v) is 5.62. The van der Waals surface area contributed by atoms with Crippen molar-refractivity contribution < 1.29 is 14.3 Å². The molecule has 0 amide bonds. The monoisotopic (exact) mass is 401 g/mol. The van der Waals surface area contributed by atoms with Gasteiger partial charge in [0, 0.05) is 17.5 Å². The van der Waals surface area contributed by atoms with Gasteiger partial charge in [-0.15, -0.1) is 9.24 Å². The lowest BCUT2D eigenvalue weighted by Crippen LogP contribution is -2.18. The Bertz CT molecular complexity index is 1120. The van der Waals surface area contributed by atoms with Crippen LogP contribution in [0.1, 0.15) is 45.1 Å². The fraction of sp³-hybridized carbons (Fsp3) is 0.167. The zero-order valence-corrected chi connectivity index (χ0v) is 17.2. The second kappa shape index (κ2) is 8.07. The SMILES string of the molecule is Cc1c(OC(c2ccc(C#N)cc2)c2ccccc2P)ccc2c1OCCC2=O. The van der Waals surface area contributed by atoms with Gasteiger partial charge in [-0.2, -0.15) is 5.26 Å². The van der Waals surface area contributed by atoms with Crippen molar-refractivity contribution in [3.63, 3.8) is 0 Å². The number of Topliss-reactive ketones (excluding diaryl/α,β-unsaturated/α-hetero) is 1. The lowest BCUT2D eigenvalue weighted by atomic mass is 9.99. The molecule has 0 aliphatic carbocycles. The number of carbonyl (C=O) groups is 1. The molecule has 2 atom stereocenters. The smallest absolute Gasteiger partial charge is 0.170 e. The minimum absolute atomic E-state index is 0.0971.